The van der Waals surface area contributed by atoms with Crippen LogP contribution in [0.5, 0.6) is 0 Å². The predicted octanol–water partition coefficient (Wildman–Crippen LogP) is 0.206. The molecular weight excluding hydrogens is 180 g/mol. The second-order valence-electron chi connectivity index (χ2n) is 3.38. The van der Waals surface area contributed by atoms with Crippen molar-refractivity contribution in [2.24, 2.45) is 0 Å². The van der Waals surface area contributed by atoms with Gasteiger partial charge in [-0.15, -0.1) is 0 Å². The topological polar surface area (TPSA) is 61.4 Å². The highest BCUT2D eigenvalue weighted by molar-refractivity contribution is 5.81. The van der Waals surface area contributed by atoms with Gasteiger partial charge in [0.15, 0.2) is 0 Å². The van der Waals surface area contributed by atoms with Crippen molar-refractivity contribution in [2.45, 2.75) is 19.0 Å². The van der Waals surface area contributed by atoms with Gasteiger partial charge in [0.05, 0.1) is 6.04 Å². The summed E-state index contributed by atoms with van der Waals surface area (Å²) in [5, 5.41) is 11.5. The Bertz CT molecular complexity index is 352. The third-order valence-electron chi connectivity index (χ3n) is 2.51. The fourth-order valence-corrected chi connectivity index (χ4v) is 1.72. The summed E-state index contributed by atoms with van der Waals surface area (Å²) in [5.74, 6) is -0.375. The van der Waals surface area contributed by atoms with E-state index in [4.69, 9.17) is 5.21 Å². The number of amides is 1. The van der Waals surface area contributed by atoms with Crippen LogP contribution in [0, 0.1) is 0 Å². The molecule has 0 unspecified atom stereocenters. The smallest absolute Gasteiger partial charge is 0.260 e. The molecule has 1 atom stereocenters. The zero-order valence-corrected chi connectivity index (χ0v) is 7.66. The molecule has 4 heteroatoms. The van der Waals surface area contributed by atoms with Crippen molar-refractivity contribution in [3.05, 3.63) is 35.4 Å². The molecule has 74 valence electrons. The fraction of sp³-hybridized carbons (Fsp3) is 0.300. The van der Waals surface area contributed by atoms with Crippen LogP contribution >= 0.6 is 0 Å². The number of hydrogen-bond donors (Lipinski definition) is 3. The van der Waals surface area contributed by atoms with Gasteiger partial charge < -0.3 is 5.32 Å². The summed E-state index contributed by atoms with van der Waals surface area (Å²) in [4.78, 5) is 11.2. The molecular formula is C10H12N2O2. The van der Waals surface area contributed by atoms with E-state index in [0.717, 1.165) is 0 Å². The van der Waals surface area contributed by atoms with Crippen LogP contribution in [-0.4, -0.2) is 17.2 Å². The molecule has 4 nitrogen and oxygen atoms in total. The largest absolute Gasteiger partial charge is 0.301 e. The average molecular weight is 192 g/mol. The Kier molecular flexibility index (Phi) is 2.47. The van der Waals surface area contributed by atoms with E-state index in [1.165, 1.54) is 11.1 Å². The summed E-state index contributed by atoms with van der Waals surface area (Å²) < 4.78 is 0. The van der Waals surface area contributed by atoms with Crippen LogP contribution in [0.2, 0.25) is 0 Å². The number of fused-ring (bicyclic) bond motifs is 1. The summed E-state index contributed by atoms with van der Waals surface area (Å²) >= 11 is 0. The lowest BCUT2D eigenvalue weighted by molar-refractivity contribution is -0.131. The second-order valence-corrected chi connectivity index (χ2v) is 3.38. The van der Waals surface area contributed by atoms with Crippen LogP contribution < -0.4 is 10.8 Å². The monoisotopic (exact) mass is 192 g/mol. The molecule has 3 N–H and O–H groups in total. The van der Waals surface area contributed by atoms with E-state index in [1.54, 1.807) is 5.48 Å². The van der Waals surface area contributed by atoms with E-state index in [1.807, 2.05) is 24.3 Å². The highest BCUT2D eigenvalue weighted by Gasteiger charge is 2.22. The SMILES string of the molecule is O=C(NO)[C@H]1Cc2ccccc2CN1. The van der Waals surface area contributed by atoms with Crippen LogP contribution in [0.1, 0.15) is 11.1 Å². The molecule has 0 radical (unpaired) electrons. The molecule has 0 saturated carbocycles. The minimum absolute atomic E-state index is 0.324. The zero-order valence-electron chi connectivity index (χ0n) is 7.66. The van der Waals surface area contributed by atoms with Gasteiger partial charge in [-0.3, -0.25) is 10.0 Å². The average Bonchev–Trinajstić information content (AvgIpc) is 2.27. The Morgan fingerprint density at radius 1 is 1.43 bits per heavy atom. The van der Waals surface area contributed by atoms with Gasteiger partial charge in [0.25, 0.3) is 5.91 Å². The van der Waals surface area contributed by atoms with Gasteiger partial charge in [-0.25, -0.2) is 5.48 Å². The highest BCUT2D eigenvalue weighted by Crippen LogP contribution is 2.15. The number of carbonyl (C=O) groups is 1. The number of nitrogens with one attached hydrogen (secondary N) is 2. The lowest BCUT2D eigenvalue weighted by Crippen LogP contribution is -2.46. The summed E-state index contributed by atoms with van der Waals surface area (Å²) in [6.45, 7) is 0.675. The Balaban J connectivity index is 2.17. The summed E-state index contributed by atoms with van der Waals surface area (Å²) in [5.41, 5.74) is 4.05. The van der Waals surface area contributed by atoms with Crippen molar-refractivity contribution in [1.82, 2.24) is 10.8 Å². The van der Waals surface area contributed by atoms with Gasteiger partial charge in [0.2, 0.25) is 0 Å². The molecule has 14 heavy (non-hydrogen) atoms. The van der Waals surface area contributed by atoms with Gasteiger partial charge in [-0.1, -0.05) is 24.3 Å². The van der Waals surface area contributed by atoms with Crippen molar-refractivity contribution < 1.29 is 10.0 Å². The molecule has 0 fully saturated rings. The second kappa shape index (κ2) is 3.77. The quantitative estimate of drug-likeness (QED) is 0.440. The normalized spacial score (nSPS) is 19.9. The number of hydroxylamine groups is 1. The lowest BCUT2D eigenvalue weighted by Gasteiger charge is -2.24. The van der Waals surface area contributed by atoms with Crippen molar-refractivity contribution >= 4 is 5.91 Å². The Hall–Kier alpha value is -1.39. The first kappa shape index (κ1) is 9.18. The number of hydrogen-bond acceptors (Lipinski definition) is 3. The van der Waals surface area contributed by atoms with E-state index < -0.39 is 0 Å². The Labute approximate surface area is 81.9 Å². The standard InChI is InChI=1S/C10H12N2O2/c13-10(12-14)9-5-7-3-1-2-4-8(7)6-11-9/h1-4,9,11,14H,5-6H2,(H,12,13)/t9-/m1/s1. The maximum absolute atomic E-state index is 11.2. The van der Waals surface area contributed by atoms with Crippen LogP contribution in [0.25, 0.3) is 0 Å². The summed E-state index contributed by atoms with van der Waals surface area (Å²) in [6.07, 6.45) is 0.628. The predicted molar refractivity (Wildman–Crippen MR) is 50.7 cm³/mol. The van der Waals surface area contributed by atoms with Gasteiger partial charge in [0.1, 0.15) is 0 Å². The van der Waals surface area contributed by atoms with E-state index in [0.29, 0.717) is 13.0 Å². The highest BCUT2D eigenvalue weighted by atomic mass is 16.5. The third-order valence-corrected chi connectivity index (χ3v) is 2.51. The fourth-order valence-electron chi connectivity index (χ4n) is 1.72. The van der Waals surface area contributed by atoms with Crippen molar-refractivity contribution in [2.75, 3.05) is 0 Å². The summed E-state index contributed by atoms with van der Waals surface area (Å²) in [6, 6.07) is 7.66. The molecule has 0 saturated heterocycles. The van der Waals surface area contributed by atoms with Crippen molar-refractivity contribution in [1.29, 1.82) is 0 Å². The minimum Gasteiger partial charge on any atom is -0.301 e. The van der Waals surface area contributed by atoms with E-state index in [9.17, 15) is 4.79 Å². The molecule has 1 amide bonds. The van der Waals surface area contributed by atoms with Crippen molar-refractivity contribution in [3.8, 4) is 0 Å². The molecule has 0 spiro atoms. The lowest BCUT2D eigenvalue weighted by atomic mass is 9.96. The first-order chi connectivity index (χ1) is 6.81. The van der Waals surface area contributed by atoms with Crippen LogP contribution in [0.3, 0.4) is 0 Å². The van der Waals surface area contributed by atoms with Crippen LogP contribution in [0.4, 0.5) is 0 Å². The maximum Gasteiger partial charge on any atom is 0.260 e. The molecule has 1 heterocycles. The Morgan fingerprint density at radius 3 is 2.86 bits per heavy atom. The molecule has 1 aliphatic rings. The first-order valence-corrected chi connectivity index (χ1v) is 4.55. The van der Waals surface area contributed by atoms with Crippen LogP contribution in [0.15, 0.2) is 24.3 Å². The van der Waals surface area contributed by atoms with Gasteiger partial charge in [0, 0.05) is 6.54 Å². The number of rotatable bonds is 1. The van der Waals surface area contributed by atoms with Gasteiger partial charge in [-0.05, 0) is 17.5 Å². The maximum atomic E-state index is 11.2. The van der Waals surface area contributed by atoms with E-state index >= 15 is 0 Å². The minimum atomic E-state index is -0.375. The Morgan fingerprint density at radius 2 is 2.14 bits per heavy atom. The molecule has 1 aliphatic heterocycles. The number of benzene rings is 1. The van der Waals surface area contributed by atoms with E-state index in [2.05, 4.69) is 5.32 Å². The van der Waals surface area contributed by atoms with E-state index in [-0.39, 0.29) is 11.9 Å². The third kappa shape index (κ3) is 1.62. The van der Waals surface area contributed by atoms with Gasteiger partial charge >= 0.3 is 0 Å². The molecule has 0 aliphatic carbocycles. The van der Waals surface area contributed by atoms with Crippen molar-refractivity contribution in [3.63, 3.8) is 0 Å². The van der Waals surface area contributed by atoms with Crippen LogP contribution in [-0.2, 0) is 17.8 Å². The molecule has 2 rings (SSSR count). The number of carbonyl (C=O) groups excluding carboxylic acids is 1. The molecule has 1 aromatic rings. The molecule has 1 aromatic carbocycles. The zero-order chi connectivity index (χ0) is 9.97. The first-order valence-electron chi connectivity index (χ1n) is 4.55. The molecule has 0 bridgehead atoms. The van der Waals surface area contributed by atoms with Gasteiger partial charge in [-0.2, -0.15) is 0 Å². The molecule has 0 aromatic heterocycles. The summed E-state index contributed by atoms with van der Waals surface area (Å²) in [7, 11) is 0.